The number of hydrogen-bond acceptors (Lipinski definition) is 3. The molecular weight excluding hydrogens is 332 g/mol. The summed E-state index contributed by atoms with van der Waals surface area (Å²) in [6.45, 7) is 9.76. The Morgan fingerprint density at radius 1 is 1.33 bits per heavy atom. The third-order valence-corrected chi connectivity index (χ3v) is 3.42. The summed E-state index contributed by atoms with van der Waals surface area (Å²) in [7, 11) is 0. The Morgan fingerprint density at radius 2 is 2.05 bits per heavy atom. The van der Waals surface area contributed by atoms with Gasteiger partial charge in [0.2, 0.25) is 0 Å². The highest BCUT2D eigenvalue weighted by Gasteiger charge is 2.14. The minimum Gasteiger partial charge on any atom is -0.484 e. The van der Waals surface area contributed by atoms with Gasteiger partial charge in [0.05, 0.1) is 0 Å². The second kappa shape index (κ2) is 8.39. The molecule has 1 aromatic carbocycles. The second-order valence-corrected chi connectivity index (χ2v) is 6.87. The highest BCUT2D eigenvalue weighted by atomic mass is 79.9. The molecule has 0 atom stereocenters. The summed E-state index contributed by atoms with van der Waals surface area (Å²) in [4.78, 5) is 11.7. The molecule has 0 bridgehead atoms. The number of carbonyl (C=O) groups is 1. The van der Waals surface area contributed by atoms with E-state index in [0.717, 1.165) is 29.5 Å². The van der Waals surface area contributed by atoms with E-state index >= 15 is 0 Å². The molecule has 118 valence electrons. The maximum absolute atomic E-state index is 11.7. The van der Waals surface area contributed by atoms with Gasteiger partial charge >= 0.3 is 0 Å². The normalized spacial score (nSPS) is 11.3. The Balaban J connectivity index is 2.55. The van der Waals surface area contributed by atoms with Gasteiger partial charge in [0, 0.05) is 16.6 Å². The van der Waals surface area contributed by atoms with Crippen LogP contribution in [0, 0.1) is 0 Å². The Labute approximate surface area is 135 Å². The maximum atomic E-state index is 11.7. The number of ether oxygens (including phenoxy) is 1. The van der Waals surface area contributed by atoms with E-state index in [-0.39, 0.29) is 18.1 Å². The fourth-order valence-electron chi connectivity index (χ4n) is 1.78. The number of benzene rings is 1. The van der Waals surface area contributed by atoms with E-state index in [2.05, 4.69) is 33.5 Å². The Morgan fingerprint density at radius 3 is 2.67 bits per heavy atom. The van der Waals surface area contributed by atoms with E-state index in [1.165, 1.54) is 0 Å². The average molecular weight is 357 g/mol. The molecule has 0 radical (unpaired) electrons. The lowest BCUT2D eigenvalue weighted by Crippen LogP contribution is -2.43. The van der Waals surface area contributed by atoms with E-state index in [9.17, 15) is 4.79 Å². The summed E-state index contributed by atoms with van der Waals surface area (Å²) in [5, 5.41) is 6.22. The number of nitrogens with one attached hydrogen (secondary N) is 2. The van der Waals surface area contributed by atoms with Crippen LogP contribution in [0.4, 0.5) is 0 Å². The van der Waals surface area contributed by atoms with Crippen molar-refractivity contribution in [2.75, 3.05) is 13.2 Å². The van der Waals surface area contributed by atoms with E-state index in [1.54, 1.807) is 0 Å². The predicted molar refractivity (Wildman–Crippen MR) is 89.5 cm³/mol. The zero-order valence-electron chi connectivity index (χ0n) is 13.3. The molecule has 1 amide bonds. The van der Waals surface area contributed by atoms with E-state index in [4.69, 9.17) is 4.74 Å². The molecular formula is C16H25BrN2O2. The number of rotatable bonds is 7. The molecule has 1 aromatic rings. The van der Waals surface area contributed by atoms with Crippen molar-refractivity contribution in [2.45, 2.75) is 46.2 Å². The van der Waals surface area contributed by atoms with Crippen LogP contribution in [0.2, 0.25) is 0 Å². The van der Waals surface area contributed by atoms with Crippen molar-refractivity contribution in [3.63, 3.8) is 0 Å². The molecule has 4 nitrogen and oxygen atoms in total. The lowest BCUT2D eigenvalue weighted by molar-refractivity contribution is -0.124. The highest BCUT2D eigenvalue weighted by Crippen LogP contribution is 2.22. The first-order valence-electron chi connectivity index (χ1n) is 7.25. The van der Waals surface area contributed by atoms with Gasteiger partial charge in [-0.05, 0) is 57.5 Å². The van der Waals surface area contributed by atoms with Crippen LogP contribution in [0.15, 0.2) is 22.7 Å². The van der Waals surface area contributed by atoms with Crippen molar-refractivity contribution in [1.29, 1.82) is 0 Å². The Kier molecular flexibility index (Phi) is 7.18. The SMILES string of the molecule is CCCNCc1cc(OCC(=O)NC(C)(C)C)ccc1Br. The molecule has 21 heavy (non-hydrogen) atoms. The fraction of sp³-hybridized carbons (Fsp3) is 0.562. The van der Waals surface area contributed by atoms with Crippen LogP contribution in [0.3, 0.4) is 0 Å². The predicted octanol–water partition coefficient (Wildman–Crippen LogP) is 3.24. The second-order valence-electron chi connectivity index (χ2n) is 6.02. The van der Waals surface area contributed by atoms with Crippen molar-refractivity contribution in [2.24, 2.45) is 0 Å². The summed E-state index contributed by atoms with van der Waals surface area (Å²) < 4.78 is 6.59. The van der Waals surface area contributed by atoms with Crippen LogP contribution in [-0.2, 0) is 11.3 Å². The third kappa shape index (κ3) is 7.48. The molecule has 0 heterocycles. The first-order valence-corrected chi connectivity index (χ1v) is 8.04. The Bertz CT molecular complexity index is 470. The number of amides is 1. The Hall–Kier alpha value is -1.07. The molecule has 0 aliphatic heterocycles. The highest BCUT2D eigenvalue weighted by molar-refractivity contribution is 9.10. The van der Waals surface area contributed by atoms with Crippen LogP contribution in [-0.4, -0.2) is 24.6 Å². The fourth-order valence-corrected chi connectivity index (χ4v) is 2.17. The van der Waals surface area contributed by atoms with Crippen LogP contribution in [0.25, 0.3) is 0 Å². The lowest BCUT2D eigenvalue weighted by Gasteiger charge is -2.20. The lowest BCUT2D eigenvalue weighted by atomic mass is 10.1. The van der Waals surface area contributed by atoms with Crippen LogP contribution in [0.1, 0.15) is 39.7 Å². The quantitative estimate of drug-likeness (QED) is 0.737. The van der Waals surface area contributed by atoms with Crippen molar-refractivity contribution in [3.05, 3.63) is 28.2 Å². The van der Waals surface area contributed by atoms with Gasteiger partial charge in [-0.3, -0.25) is 4.79 Å². The van der Waals surface area contributed by atoms with Gasteiger partial charge in [-0.15, -0.1) is 0 Å². The van der Waals surface area contributed by atoms with Crippen LogP contribution >= 0.6 is 15.9 Å². The van der Waals surface area contributed by atoms with Gasteiger partial charge in [0.1, 0.15) is 5.75 Å². The molecule has 0 fully saturated rings. The molecule has 5 heteroatoms. The van der Waals surface area contributed by atoms with E-state index < -0.39 is 0 Å². The number of carbonyl (C=O) groups excluding carboxylic acids is 1. The summed E-state index contributed by atoms with van der Waals surface area (Å²) in [5.41, 5.74) is 0.882. The molecule has 0 saturated carbocycles. The number of hydrogen-bond donors (Lipinski definition) is 2. The molecule has 1 rings (SSSR count). The van der Waals surface area contributed by atoms with Crippen molar-refractivity contribution in [1.82, 2.24) is 10.6 Å². The van der Waals surface area contributed by atoms with E-state index in [0.29, 0.717) is 5.75 Å². The summed E-state index contributed by atoms with van der Waals surface area (Å²) in [6, 6.07) is 5.76. The standard InChI is InChI=1S/C16H25BrN2O2/c1-5-8-18-10-12-9-13(6-7-14(12)17)21-11-15(20)19-16(2,3)4/h6-7,9,18H,5,8,10-11H2,1-4H3,(H,19,20). The smallest absolute Gasteiger partial charge is 0.258 e. The third-order valence-electron chi connectivity index (χ3n) is 2.64. The van der Waals surface area contributed by atoms with Gasteiger partial charge in [0.15, 0.2) is 6.61 Å². The molecule has 2 N–H and O–H groups in total. The first-order chi connectivity index (χ1) is 9.81. The molecule has 0 aliphatic rings. The first kappa shape index (κ1) is 18.0. The molecule has 0 aliphatic carbocycles. The van der Waals surface area contributed by atoms with Gasteiger partial charge in [0.25, 0.3) is 5.91 Å². The summed E-state index contributed by atoms with van der Waals surface area (Å²) in [6.07, 6.45) is 1.10. The van der Waals surface area contributed by atoms with Crippen molar-refractivity contribution < 1.29 is 9.53 Å². The molecule has 0 spiro atoms. The van der Waals surface area contributed by atoms with Crippen LogP contribution < -0.4 is 15.4 Å². The number of halogens is 1. The minimum absolute atomic E-state index is 0.0285. The largest absolute Gasteiger partial charge is 0.484 e. The zero-order chi connectivity index (χ0) is 15.9. The van der Waals surface area contributed by atoms with Crippen LogP contribution in [0.5, 0.6) is 5.75 Å². The molecule has 0 saturated heterocycles. The monoisotopic (exact) mass is 356 g/mol. The van der Waals surface area contributed by atoms with Gasteiger partial charge < -0.3 is 15.4 Å². The minimum atomic E-state index is -0.241. The van der Waals surface area contributed by atoms with Gasteiger partial charge in [-0.1, -0.05) is 22.9 Å². The van der Waals surface area contributed by atoms with Crippen molar-refractivity contribution in [3.8, 4) is 5.75 Å². The summed E-state index contributed by atoms with van der Waals surface area (Å²) >= 11 is 3.53. The topological polar surface area (TPSA) is 50.4 Å². The molecule has 0 aromatic heterocycles. The maximum Gasteiger partial charge on any atom is 0.258 e. The van der Waals surface area contributed by atoms with Gasteiger partial charge in [-0.25, -0.2) is 0 Å². The average Bonchev–Trinajstić information content (AvgIpc) is 2.37. The molecule has 0 unspecified atom stereocenters. The summed E-state index contributed by atoms with van der Waals surface area (Å²) in [5.74, 6) is 0.589. The zero-order valence-corrected chi connectivity index (χ0v) is 14.8. The van der Waals surface area contributed by atoms with Crippen molar-refractivity contribution >= 4 is 21.8 Å². The van der Waals surface area contributed by atoms with Gasteiger partial charge in [-0.2, -0.15) is 0 Å². The van der Waals surface area contributed by atoms with E-state index in [1.807, 2.05) is 39.0 Å².